The highest BCUT2D eigenvalue weighted by Gasteiger charge is 2.28. The SMILES string of the molecule is COC(=O)c1c(C)c2cc(C3CCN(C(=O)OC(C)(C)C)CC3)ccc2n1C. The molecule has 1 aliphatic heterocycles. The Labute approximate surface area is 166 Å². The molecule has 6 nitrogen and oxygen atoms in total. The Morgan fingerprint density at radius 1 is 1.14 bits per heavy atom. The maximum absolute atomic E-state index is 12.3. The number of methoxy groups -OCH3 is 1. The lowest BCUT2D eigenvalue weighted by atomic mass is 9.88. The third-order valence-corrected chi connectivity index (χ3v) is 5.47. The van der Waals surface area contributed by atoms with E-state index in [1.165, 1.54) is 12.7 Å². The van der Waals surface area contributed by atoms with Gasteiger partial charge >= 0.3 is 12.1 Å². The van der Waals surface area contributed by atoms with Gasteiger partial charge in [-0.15, -0.1) is 0 Å². The first kappa shape index (κ1) is 20.2. The van der Waals surface area contributed by atoms with Crippen molar-refractivity contribution in [3.63, 3.8) is 0 Å². The van der Waals surface area contributed by atoms with E-state index in [1.54, 1.807) is 4.90 Å². The summed E-state index contributed by atoms with van der Waals surface area (Å²) in [5.74, 6) is 0.0766. The van der Waals surface area contributed by atoms with Gasteiger partial charge in [0.2, 0.25) is 0 Å². The molecule has 0 N–H and O–H groups in total. The van der Waals surface area contributed by atoms with Crippen molar-refractivity contribution in [2.75, 3.05) is 20.2 Å². The molecule has 1 saturated heterocycles. The summed E-state index contributed by atoms with van der Waals surface area (Å²) in [6, 6.07) is 6.39. The predicted octanol–water partition coefficient (Wildman–Crippen LogP) is 4.39. The number of benzene rings is 1. The van der Waals surface area contributed by atoms with Gasteiger partial charge in [0.25, 0.3) is 0 Å². The van der Waals surface area contributed by atoms with Gasteiger partial charge in [0.05, 0.1) is 7.11 Å². The molecule has 1 fully saturated rings. The number of hydrogen-bond acceptors (Lipinski definition) is 4. The fraction of sp³-hybridized carbons (Fsp3) is 0.545. The zero-order valence-electron chi connectivity index (χ0n) is 17.7. The van der Waals surface area contributed by atoms with E-state index in [4.69, 9.17) is 9.47 Å². The molecular formula is C22H30N2O4. The third-order valence-electron chi connectivity index (χ3n) is 5.47. The van der Waals surface area contributed by atoms with Crippen molar-refractivity contribution in [2.45, 2.75) is 52.1 Å². The van der Waals surface area contributed by atoms with E-state index >= 15 is 0 Å². The van der Waals surface area contributed by atoms with Crippen molar-refractivity contribution < 1.29 is 19.1 Å². The molecule has 3 rings (SSSR count). The van der Waals surface area contributed by atoms with Crippen LogP contribution >= 0.6 is 0 Å². The van der Waals surface area contributed by atoms with Crippen molar-refractivity contribution in [3.05, 3.63) is 35.0 Å². The maximum Gasteiger partial charge on any atom is 0.410 e. The number of likely N-dealkylation sites (tertiary alicyclic amines) is 1. The molecule has 0 radical (unpaired) electrons. The van der Waals surface area contributed by atoms with E-state index in [0.29, 0.717) is 24.7 Å². The van der Waals surface area contributed by atoms with Crippen LogP contribution in [-0.2, 0) is 16.5 Å². The topological polar surface area (TPSA) is 60.8 Å². The highest BCUT2D eigenvalue weighted by Crippen LogP contribution is 2.33. The molecule has 28 heavy (non-hydrogen) atoms. The van der Waals surface area contributed by atoms with Crippen LogP contribution in [0.4, 0.5) is 4.79 Å². The van der Waals surface area contributed by atoms with Crippen molar-refractivity contribution in [3.8, 4) is 0 Å². The number of esters is 1. The second kappa shape index (κ2) is 7.49. The summed E-state index contributed by atoms with van der Waals surface area (Å²) < 4.78 is 12.3. The third kappa shape index (κ3) is 3.86. The number of nitrogens with zero attached hydrogens (tertiary/aromatic N) is 2. The second-order valence-corrected chi connectivity index (χ2v) is 8.54. The fourth-order valence-electron chi connectivity index (χ4n) is 4.01. The van der Waals surface area contributed by atoms with Crippen LogP contribution in [0.1, 0.15) is 61.1 Å². The molecule has 1 aromatic heterocycles. The van der Waals surface area contributed by atoms with E-state index in [-0.39, 0.29) is 12.1 Å². The van der Waals surface area contributed by atoms with Gasteiger partial charge in [-0.2, -0.15) is 0 Å². The number of aromatic nitrogens is 1. The molecule has 1 aliphatic rings. The molecule has 1 aromatic carbocycles. The van der Waals surface area contributed by atoms with Crippen molar-refractivity contribution >= 4 is 23.0 Å². The quantitative estimate of drug-likeness (QED) is 0.718. The number of amides is 1. The minimum Gasteiger partial charge on any atom is -0.464 e. The van der Waals surface area contributed by atoms with Gasteiger partial charge in [-0.1, -0.05) is 6.07 Å². The minimum atomic E-state index is -0.471. The van der Waals surface area contributed by atoms with Crippen LogP contribution in [0.2, 0.25) is 0 Å². The van der Waals surface area contributed by atoms with Gasteiger partial charge in [0.1, 0.15) is 11.3 Å². The number of rotatable bonds is 2. The minimum absolute atomic E-state index is 0.233. The van der Waals surface area contributed by atoms with Crippen LogP contribution in [0, 0.1) is 6.92 Å². The molecule has 6 heteroatoms. The van der Waals surface area contributed by atoms with Crippen molar-refractivity contribution in [2.24, 2.45) is 7.05 Å². The molecule has 152 valence electrons. The Balaban J connectivity index is 1.78. The lowest BCUT2D eigenvalue weighted by molar-refractivity contribution is 0.0204. The summed E-state index contributed by atoms with van der Waals surface area (Å²) in [4.78, 5) is 26.2. The van der Waals surface area contributed by atoms with Gasteiger partial charge in [0, 0.05) is 31.0 Å². The Bertz CT molecular complexity index is 899. The molecule has 2 aromatic rings. The molecule has 0 aliphatic carbocycles. The smallest absolute Gasteiger partial charge is 0.410 e. The number of ether oxygens (including phenoxy) is 2. The number of fused-ring (bicyclic) bond motifs is 1. The summed E-state index contributed by atoms with van der Waals surface area (Å²) in [6.45, 7) is 9.01. The lowest BCUT2D eigenvalue weighted by Gasteiger charge is -2.33. The van der Waals surface area contributed by atoms with E-state index in [2.05, 4.69) is 18.2 Å². The number of aryl methyl sites for hydroxylation is 2. The Morgan fingerprint density at radius 3 is 2.36 bits per heavy atom. The lowest BCUT2D eigenvalue weighted by Crippen LogP contribution is -2.41. The summed E-state index contributed by atoms with van der Waals surface area (Å²) in [5.41, 5.74) is 3.34. The second-order valence-electron chi connectivity index (χ2n) is 8.54. The van der Waals surface area contributed by atoms with Crippen molar-refractivity contribution in [1.29, 1.82) is 0 Å². The monoisotopic (exact) mass is 386 g/mol. The molecule has 0 bridgehead atoms. The summed E-state index contributed by atoms with van der Waals surface area (Å²) in [6.07, 6.45) is 1.57. The van der Waals surface area contributed by atoms with Crippen LogP contribution in [0.25, 0.3) is 10.9 Å². The van der Waals surface area contributed by atoms with Gasteiger partial charge in [-0.05, 0) is 69.7 Å². The number of carbonyl (C=O) groups is 2. The molecule has 1 amide bonds. The molecule has 2 heterocycles. The van der Waals surface area contributed by atoms with Gasteiger partial charge in [0.15, 0.2) is 0 Å². The fourth-order valence-corrected chi connectivity index (χ4v) is 4.01. The standard InChI is InChI=1S/C22H30N2O4/c1-14-17-13-16(7-8-18(17)23(5)19(14)20(25)27-6)15-9-11-24(12-10-15)21(26)28-22(2,3)4/h7-8,13,15H,9-12H2,1-6H3. The van der Waals surface area contributed by atoms with E-state index in [0.717, 1.165) is 29.3 Å². The highest BCUT2D eigenvalue weighted by atomic mass is 16.6. The van der Waals surface area contributed by atoms with E-state index < -0.39 is 5.60 Å². The normalized spacial score (nSPS) is 15.7. The molecule has 0 saturated carbocycles. The first-order chi connectivity index (χ1) is 13.1. The Morgan fingerprint density at radius 2 is 1.79 bits per heavy atom. The zero-order valence-corrected chi connectivity index (χ0v) is 17.7. The number of hydrogen-bond donors (Lipinski definition) is 0. The van der Waals surface area contributed by atoms with Crippen LogP contribution < -0.4 is 0 Å². The predicted molar refractivity (Wildman–Crippen MR) is 109 cm³/mol. The van der Waals surface area contributed by atoms with Gasteiger partial charge in [-0.25, -0.2) is 9.59 Å². The van der Waals surface area contributed by atoms with E-state index in [1.807, 2.05) is 39.3 Å². The number of carbonyl (C=O) groups excluding carboxylic acids is 2. The first-order valence-corrected chi connectivity index (χ1v) is 9.77. The number of piperidine rings is 1. The first-order valence-electron chi connectivity index (χ1n) is 9.77. The Kier molecular flexibility index (Phi) is 5.41. The largest absolute Gasteiger partial charge is 0.464 e. The molecule has 0 unspecified atom stereocenters. The van der Waals surface area contributed by atoms with Crippen molar-refractivity contribution in [1.82, 2.24) is 9.47 Å². The summed E-state index contributed by atoms with van der Waals surface area (Å²) in [7, 11) is 3.30. The summed E-state index contributed by atoms with van der Waals surface area (Å²) >= 11 is 0. The zero-order chi connectivity index (χ0) is 20.6. The van der Waals surface area contributed by atoms with E-state index in [9.17, 15) is 9.59 Å². The molecular weight excluding hydrogens is 356 g/mol. The maximum atomic E-state index is 12.3. The summed E-state index contributed by atoms with van der Waals surface area (Å²) in [5, 5.41) is 1.08. The average molecular weight is 386 g/mol. The van der Waals surface area contributed by atoms with Crippen LogP contribution in [0.5, 0.6) is 0 Å². The van der Waals surface area contributed by atoms with Crippen LogP contribution in [0.15, 0.2) is 18.2 Å². The van der Waals surface area contributed by atoms with Gasteiger partial charge < -0.3 is 18.9 Å². The highest BCUT2D eigenvalue weighted by molar-refractivity contribution is 5.99. The van der Waals surface area contributed by atoms with Crippen LogP contribution in [-0.4, -0.2) is 47.3 Å². The molecule has 0 spiro atoms. The Hall–Kier alpha value is -2.50. The molecule has 0 atom stereocenters. The van der Waals surface area contributed by atoms with Gasteiger partial charge in [-0.3, -0.25) is 0 Å². The van der Waals surface area contributed by atoms with Crippen LogP contribution in [0.3, 0.4) is 0 Å². The average Bonchev–Trinajstić information content (AvgIpc) is 2.90.